The molecule has 7 heteroatoms. The highest BCUT2D eigenvalue weighted by atomic mass is 16.2. The zero-order chi connectivity index (χ0) is 17.1. The van der Waals surface area contributed by atoms with Crippen LogP contribution in [0.1, 0.15) is 28.8 Å². The monoisotopic (exact) mass is 324 g/mol. The molecule has 1 saturated heterocycles. The molecule has 0 bridgehead atoms. The summed E-state index contributed by atoms with van der Waals surface area (Å²) >= 11 is 0. The minimum absolute atomic E-state index is 0.000594. The number of rotatable bonds is 3. The highest BCUT2D eigenvalue weighted by molar-refractivity contribution is 5.93. The second-order valence-corrected chi connectivity index (χ2v) is 6.04. The van der Waals surface area contributed by atoms with Crippen LogP contribution in [0.15, 0.2) is 30.9 Å². The fraction of sp³-hybridized carbons (Fsp3) is 0.412. The van der Waals surface area contributed by atoms with Gasteiger partial charge >= 0.3 is 0 Å². The van der Waals surface area contributed by atoms with E-state index < -0.39 is 0 Å². The number of aryl methyl sites for hydroxylation is 1. The number of nitriles is 1. The summed E-state index contributed by atoms with van der Waals surface area (Å²) in [7, 11) is 3.65. The Hall–Kier alpha value is -2.88. The first-order valence-corrected chi connectivity index (χ1v) is 7.95. The standard InChI is InChI=1S/C17H20N6O/c1-21-12-14(10-20-21)17(24)22(2)15-4-7-23(8-5-15)16-11-19-6-3-13(16)9-18/h3,6,10-12,15H,4-5,7-8H2,1-2H3. The first kappa shape index (κ1) is 16.0. The molecule has 0 unspecified atom stereocenters. The lowest BCUT2D eigenvalue weighted by Gasteiger charge is -2.37. The first-order chi connectivity index (χ1) is 11.6. The van der Waals surface area contributed by atoms with Crippen molar-refractivity contribution in [3.8, 4) is 6.07 Å². The molecule has 1 aliphatic rings. The summed E-state index contributed by atoms with van der Waals surface area (Å²) in [6, 6.07) is 4.14. The van der Waals surface area contributed by atoms with Gasteiger partial charge in [-0.3, -0.25) is 14.5 Å². The van der Waals surface area contributed by atoms with Crippen LogP contribution in [0.5, 0.6) is 0 Å². The van der Waals surface area contributed by atoms with E-state index in [1.165, 1.54) is 0 Å². The molecule has 1 fully saturated rings. The van der Waals surface area contributed by atoms with Gasteiger partial charge < -0.3 is 9.80 Å². The van der Waals surface area contributed by atoms with Gasteiger partial charge in [0.05, 0.1) is 29.2 Å². The molecule has 3 rings (SSSR count). The molecular formula is C17H20N6O. The predicted octanol–water partition coefficient (Wildman–Crippen LogP) is 1.43. The molecule has 1 aliphatic heterocycles. The summed E-state index contributed by atoms with van der Waals surface area (Å²) in [4.78, 5) is 20.6. The van der Waals surface area contributed by atoms with E-state index in [2.05, 4.69) is 21.1 Å². The largest absolute Gasteiger partial charge is 0.369 e. The van der Waals surface area contributed by atoms with Crippen LogP contribution in [0.2, 0.25) is 0 Å². The Labute approximate surface area is 141 Å². The lowest BCUT2D eigenvalue weighted by atomic mass is 10.0. The maximum Gasteiger partial charge on any atom is 0.257 e. The zero-order valence-corrected chi connectivity index (χ0v) is 13.9. The summed E-state index contributed by atoms with van der Waals surface area (Å²) in [5.74, 6) is 0.000594. The van der Waals surface area contributed by atoms with Crippen LogP contribution >= 0.6 is 0 Å². The van der Waals surface area contributed by atoms with Crippen LogP contribution in [0, 0.1) is 11.3 Å². The SMILES string of the molecule is CN(C(=O)c1cnn(C)c1)C1CCN(c2cnccc2C#N)CC1. The number of amides is 1. The number of anilines is 1. The van der Waals surface area contributed by atoms with Crippen molar-refractivity contribution in [1.82, 2.24) is 19.7 Å². The summed E-state index contributed by atoms with van der Waals surface area (Å²) in [6.07, 6.45) is 8.44. The molecule has 2 aromatic heterocycles. The zero-order valence-electron chi connectivity index (χ0n) is 13.9. The Kier molecular flexibility index (Phi) is 4.47. The Morgan fingerprint density at radius 3 is 2.75 bits per heavy atom. The number of carbonyl (C=O) groups is 1. The van der Waals surface area contributed by atoms with Gasteiger partial charge in [0.2, 0.25) is 0 Å². The maximum atomic E-state index is 12.5. The number of carbonyl (C=O) groups excluding carboxylic acids is 1. The van der Waals surface area contributed by atoms with Gasteiger partial charge in [0.25, 0.3) is 5.91 Å². The van der Waals surface area contributed by atoms with Gasteiger partial charge in [0.15, 0.2) is 0 Å². The topological polar surface area (TPSA) is 78.1 Å². The molecule has 0 atom stereocenters. The first-order valence-electron chi connectivity index (χ1n) is 7.95. The molecule has 7 nitrogen and oxygen atoms in total. The smallest absolute Gasteiger partial charge is 0.257 e. The van der Waals surface area contributed by atoms with Gasteiger partial charge in [-0.1, -0.05) is 0 Å². The number of hydrogen-bond acceptors (Lipinski definition) is 5. The number of nitrogens with zero attached hydrogens (tertiary/aromatic N) is 6. The van der Waals surface area contributed by atoms with E-state index >= 15 is 0 Å². The van der Waals surface area contributed by atoms with E-state index in [1.807, 2.05) is 11.9 Å². The third-order valence-corrected chi connectivity index (χ3v) is 4.55. The molecule has 0 saturated carbocycles. The van der Waals surface area contributed by atoms with E-state index in [0.29, 0.717) is 11.1 Å². The van der Waals surface area contributed by atoms with Crippen molar-refractivity contribution in [1.29, 1.82) is 5.26 Å². The molecule has 0 N–H and O–H groups in total. The van der Waals surface area contributed by atoms with Crippen molar-refractivity contribution >= 4 is 11.6 Å². The van der Waals surface area contributed by atoms with Crippen LogP contribution in [0.3, 0.4) is 0 Å². The van der Waals surface area contributed by atoms with Crippen molar-refractivity contribution in [3.05, 3.63) is 42.0 Å². The van der Waals surface area contributed by atoms with Gasteiger partial charge in [0.1, 0.15) is 6.07 Å². The highest BCUT2D eigenvalue weighted by Gasteiger charge is 2.27. The third kappa shape index (κ3) is 3.08. The van der Waals surface area contributed by atoms with Crippen molar-refractivity contribution in [2.75, 3.05) is 25.0 Å². The number of pyridine rings is 1. The number of aromatic nitrogens is 3. The minimum Gasteiger partial charge on any atom is -0.369 e. The number of piperidine rings is 1. The summed E-state index contributed by atoms with van der Waals surface area (Å²) in [5, 5.41) is 13.3. The van der Waals surface area contributed by atoms with Crippen LogP contribution in [-0.4, -0.2) is 51.8 Å². The molecule has 3 heterocycles. The predicted molar refractivity (Wildman–Crippen MR) is 89.5 cm³/mol. The van der Waals surface area contributed by atoms with Crippen LogP contribution in [0.4, 0.5) is 5.69 Å². The molecule has 0 radical (unpaired) electrons. The van der Waals surface area contributed by atoms with Gasteiger partial charge in [-0.2, -0.15) is 10.4 Å². The number of hydrogen-bond donors (Lipinski definition) is 0. The average molecular weight is 324 g/mol. The molecule has 0 aliphatic carbocycles. The molecule has 24 heavy (non-hydrogen) atoms. The highest BCUT2D eigenvalue weighted by Crippen LogP contribution is 2.24. The van der Waals surface area contributed by atoms with E-state index in [1.54, 1.807) is 42.6 Å². The fourth-order valence-corrected chi connectivity index (χ4v) is 3.13. The van der Waals surface area contributed by atoms with Crippen molar-refractivity contribution in [2.24, 2.45) is 7.05 Å². The molecule has 124 valence electrons. The van der Waals surface area contributed by atoms with Crippen molar-refractivity contribution in [2.45, 2.75) is 18.9 Å². The molecule has 1 amide bonds. The van der Waals surface area contributed by atoms with E-state index in [4.69, 9.17) is 0 Å². The minimum atomic E-state index is 0.000594. The van der Waals surface area contributed by atoms with E-state index in [9.17, 15) is 10.1 Å². The van der Waals surface area contributed by atoms with Crippen LogP contribution in [-0.2, 0) is 7.05 Å². The summed E-state index contributed by atoms with van der Waals surface area (Å²) in [6.45, 7) is 1.60. The molecular weight excluding hydrogens is 304 g/mol. The second-order valence-electron chi connectivity index (χ2n) is 6.04. The molecule has 2 aromatic rings. The Morgan fingerprint density at radius 1 is 1.38 bits per heavy atom. The maximum absolute atomic E-state index is 12.5. The van der Waals surface area contributed by atoms with E-state index in [-0.39, 0.29) is 11.9 Å². The van der Waals surface area contributed by atoms with Crippen molar-refractivity contribution < 1.29 is 4.79 Å². The van der Waals surface area contributed by atoms with Crippen LogP contribution in [0.25, 0.3) is 0 Å². The fourth-order valence-electron chi connectivity index (χ4n) is 3.13. The van der Waals surface area contributed by atoms with Gasteiger partial charge in [-0.15, -0.1) is 0 Å². The molecule has 0 spiro atoms. The van der Waals surface area contributed by atoms with E-state index in [0.717, 1.165) is 31.6 Å². The second kappa shape index (κ2) is 6.71. The van der Waals surface area contributed by atoms with Gasteiger partial charge in [0, 0.05) is 45.6 Å². The third-order valence-electron chi connectivity index (χ3n) is 4.55. The Bertz CT molecular complexity index is 769. The molecule has 0 aromatic carbocycles. The summed E-state index contributed by atoms with van der Waals surface area (Å²) < 4.78 is 1.63. The van der Waals surface area contributed by atoms with Gasteiger partial charge in [-0.25, -0.2) is 0 Å². The average Bonchev–Trinajstić information content (AvgIpc) is 3.07. The van der Waals surface area contributed by atoms with Crippen molar-refractivity contribution in [3.63, 3.8) is 0 Å². The van der Waals surface area contributed by atoms with Gasteiger partial charge in [-0.05, 0) is 18.9 Å². The normalized spacial score (nSPS) is 15.1. The Balaban J connectivity index is 1.64. The van der Waals surface area contributed by atoms with Crippen LogP contribution < -0.4 is 4.90 Å². The lowest BCUT2D eigenvalue weighted by molar-refractivity contribution is 0.0709. The summed E-state index contributed by atoms with van der Waals surface area (Å²) in [5.41, 5.74) is 2.13. The lowest BCUT2D eigenvalue weighted by Crippen LogP contribution is -2.45. The Morgan fingerprint density at radius 2 is 2.12 bits per heavy atom. The quantitative estimate of drug-likeness (QED) is 0.853.